The molecule has 9 heteroatoms. The van der Waals surface area contributed by atoms with E-state index in [9.17, 15) is 9.18 Å². The van der Waals surface area contributed by atoms with E-state index in [0.29, 0.717) is 10.0 Å². The molecule has 0 unspecified atom stereocenters. The fourth-order valence-electron chi connectivity index (χ4n) is 2.11. The second-order valence-corrected chi connectivity index (χ2v) is 6.00. The minimum absolute atomic E-state index is 0.128. The number of hydrazine groups is 1. The highest BCUT2D eigenvalue weighted by molar-refractivity contribution is 9.10. The maximum absolute atomic E-state index is 13.8. The SMILES string of the molecule is Nc1c(NNC(=O)c2ccccc2Br)ncnc1Nc1ccccc1F. The number of nitrogens with two attached hydrogens (primary N) is 1. The number of rotatable bonds is 5. The summed E-state index contributed by atoms with van der Waals surface area (Å²) in [5.41, 5.74) is 12.0. The monoisotopic (exact) mass is 416 g/mol. The van der Waals surface area contributed by atoms with Crippen LogP contribution >= 0.6 is 15.9 Å². The Kier molecular flexibility index (Phi) is 5.28. The van der Waals surface area contributed by atoms with Gasteiger partial charge in [-0.15, -0.1) is 0 Å². The third kappa shape index (κ3) is 3.89. The predicted molar refractivity (Wildman–Crippen MR) is 101 cm³/mol. The standard InChI is InChI=1S/C17H14BrFN6O/c18-11-6-2-1-5-10(11)17(26)25-24-16-14(20)15(21-9-22-16)23-13-8-4-3-7-12(13)19/h1-9H,20H2,(H,25,26)(H2,21,22,23,24). The smallest absolute Gasteiger partial charge is 0.270 e. The molecule has 3 aromatic rings. The zero-order valence-electron chi connectivity index (χ0n) is 13.3. The van der Waals surface area contributed by atoms with Crippen molar-refractivity contribution in [3.8, 4) is 0 Å². The topological polar surface area (TPSA) is 105 Å². The number of benzene rings is 2. The lowest BCUT2D eigenvalue weighted by molar-refractivity contribution is 0.0961. The Bertz CT molecular complexity index is 952. The van der Waals surface area contributed by atoms with E-state index < -0.39 is 5.82 Å². The summed E-state index contributed by atoms with van der Waals surface area (Å²) in [6.07, 6.45) is 1.24. The number of carbonyl (C=O) groups is 1. The van der Waals surface area contributed by atoms with Crippen molar-refractivity contribution in [2.45, 2.75) is 0 Å². The van der Waals surface area contributed by atoms with E-state index in [1.54, 1.807) is 42.5 Å². The minimum Gasteiger partial charge on any atom is -0.393 e. The fourth-order valence-corrected chi connectivity index (χ4v) is 2.58. The maximum atomic E-state index is 13.8. The number of carbonyl (C=O) groups excluding carboxylic acids is 1. The van der Waals surface area contributed by atoms with Gasteiger partial charge < -0.3 is 11.1 Å². The molecule has 0 radical (unpaired) electrons. The summed E-state index contributed by atoms with van der Waals surface area (Å²) in [5.74, 6) is -0.427. The molecule has 7 nitrogen and oxygen atoms in total. The highest BCUT2D eigenvalue weighted by Crippen LogP contribution is 2.26. The van der Waals surface area contributed by atoms with E-state index in [0.717, 1.165) is 0 Å². The van der Waals surface area contributed by atoms with Crippen molar-refractivity contribution in [3.05, 3.63) is 70.7 Å². The molecule has 0 spiro atoms. The minimum atomic E-state index is -0.442. The van der Waals surface area contributed by atoms with E-state index in [4.69, 9.17) is 5.73 Å². The van der Waals surface area contributed by atoms with Gasteiger partial charge >= 0.3 is 0 Å². The summed E-state index contributed by atoms with van der Waals surface area (Å²) >= 11 is 3.31. The van der Waals surface area contributed by atoms with Crippen LogP contribution in [0.4, 0.5) is 27.4 Å². The van der Waals surface area contributed by atoms with Gasteiger partial charge in [-0.1, -0.05) is 24.3 Å². The molecule has 0 aliphatic rings. The van der Waals surface area contributed by atoms with Crippen LogP contribution in [0.1, 0.15) is 10.4 Å². The Hall–Kier alpha value is -3.20. The Morgan fingerprint density at radius 2 is 1.73 bits per heavy atom. The molecular formula is C17H14BrFN6O. The molecule has 1 aromatic heterocycles. The van der Waals surface area contributed by atoms with E-state index in [2.05, 4.69) is 42.1 Å². The summed E-state index contributed by atoms with van der Waals surface area (Å²) in [5, 5.41) is 2.80. The van der Waals surface area contributed by atoms with Crippen molar-refractivity contribution in [2.75, 3.05) is 16.5 Å². The molecule has 0 saturated carbocycles. The van der Waals surface area contributed by atoms with Crippen LogP contribution in [0.15, 0.2) is 59.3 Å². The summed E-state index contributed by atoms with van der Waals surface area (Å²) in [6.45, 7) is 0. The molecule has 132 valence electrons. The average molecular weight is 417 g/mol. The molecule has 5 N–H and O–H groups in total. The van der Waals surface area contributed by atoms with Gasteiger partial charge in [0.2, 0.25) is 0 Å². The van der Waals surface area contributed by atoms with Crippen molar-refractivity contribution in [1.82, 2.24) is 15.4 Å². The first-order chi connectivity index (χ1) is 12.6. The molecule has 0 fully saturated rings. The number of halogens is 2. The summed E-state index contributed by atoms with van der Waals surface area (Å²) in [7, 11) is 0. The van der Waals surface area contributed by atoms with Gasteiger partial charge in [0.25, 0.3) is 5.91 Å². The van der Waals surface area contributed by atoms with E-state index in [1.807, 2.05) is 0 Å². The normalized spacial score (nSPS) is 10.2. The lowest BCUT2D eigenvalue weighted by Gasteiger charge is -2.13. The number of hydrogen-bond acceptors (Lipinski definition) is 6. The number of nitrogens with one attached hydrogen (secondary N) is 3. The van der Waals surface area contributed by atoms with Crippen LogP contribution in [0.3, 0.4) is 0 Å². The Morgan fingerprint density at radius 3 is 2.50 bits per heavy atom. The molecule has 26 heavy (non-hydrogen) atoms. The number of para-hydroxylation sites is 1. The summed E-state index contributed by atoms with van der Waals surface area (Å²) in [4.78, 5) is 20.2. The van der Waals surface area contributed by atoms with Gasteiger partial charge in [-0.2, -0.15) is 0 Å². The molecule has 0 aliphatic heterocycles. The van der Waals surface area contributed by atoms with E-state index in [-0.39, 0.29) is 28.9 Å². The van der Waals surface area contributed by atoms with E-state index in [1.165, 1.54) is 12.4 Å². The first kappa shape index (κ1) is 17.6. The molecule has 0 atom stereocenters. The Balaban J connectivity index is 1.74. The third-order valence-corrected chi connectivity index (χ3v) is 4.12. The lowest BCUT2D eigenvalue weighted by Crippen LogP contribution is -2.30. The zero-order valence-corrected chi connectivity index (χ0v) is 14.9. The van der Waals surface area contributed by atoms with Crippen LogP contribution in [0.5, 0.6) is 0 Å². The van der Waals surface area contributed by atoms with Crippen LogP contribution in [-0.2, 0) is 0 Å². The van der Waals surface area contributed by atoms with Gasteiger partial charge in [0.15, 0.2) is 11.6 Å². The van der Waals surface area contributed by atoms with Crippen molar-refractivity contribution in [1.29, 1.82) is 0 Å². The zero-order chi connectivity index (χ0) is 18.5. The highest BCUT2D eigenvalue weighted by atomic mass is 79.9. The van der Waals surface area contributed by atoms with Crippen molar-refractivity contribution < 1.29 is 9.18 Å². The number of aromatic nitrogens is 2. The average Bonchev–Trinajstić information content (AvgIpc) is 2.64. The van der Waals surface area contributed by atoms with Crippen LogP contribution in [-0.4, -0.2) is 15.9 Å². The van der Waals surface area contributed by atoms with Crippen LogP contribution in [0.2, 0.25) is 0 Å². The van der Waals surface area contributed by atoms with Crippen molar-refractivity contribution >= 4 is 44.8 Å². The molecule has 2 aromatic carbocycles. The van der Waals surface area contributed by atoms with Crippen LogP contribution in [0.25, 0.3) is 0 Å². The second kappa shape index (κ2) is 7.79. The van der Waals surface area contributed by atoms with Gasteiger partial charge in [0.1, 0.15) is 17.8 Å². The van der Waals surface area contributed by atoms with Crippen molar-refractivity contribution in [3.63, 3.8) is 0 Å². The van der Waals surface area contributed by atoms with Gasteiger partial charge in [-0.3, -0.25) is 15.6 Å². The Labute approximate surface area is 157 Å². The fraction of sp³-hybridized carbons (Fsp3) is 0. The lowest BCUT2D eigenvalue weighted by atomic mass is 10.2. The van der Waals surface area contributed by atoms with Gasteiger partial charge in [-0.25, -0.2) is 14.4 Å². The van der Waals surface area contributed by atoms with Crippen LogP contribution < -0.4 is 21.9 Å². The molecule has 1 amide bonds. The molecule has 0 aliphatic carbocycles. The number of amides is 1. The Morgan fingerprint density at radius 1 is 1.04 bits per heavy atom. The number of nitrogens with zero attached hydrogens (tertiary/aromatic N) is 2. The predicted octanol–water partition coefficient (Wildman–Crippen LogP) is 3.46. The molecule has 1 heterocycles. The maximum Gasteiger partial charge on any atom is 0.270 e. The number of nitrogen functional groups attached to an aromatic ring is 1. The molecular weight excluding hydrogens is 403 g/mol. The van der Waals surface area contributed by atoms with Gasteiger partial charge in [-0.05, 0) is 40.2 Å². The molecule has 3 rings (SSSR count). The largest absolute Gasteiger partial charge is 0.393 e. The first-order valence-corrected chi connectivity index (χ1v) is 8.28. The van der Waals surface area contributed by atoms with Crippen LogP contribution in [0, 0.1) is 5.82 Å². The second-order valence-electron chi connectivity index (χ2n) is 5.15. The summed E-state index contributed by atoms with van der Waals surface area (Å²) in [6, 6.07) is 13.1. The van der Waals surface area contributed by atoms with Gasteiger partial charge in [0.05, 0.1) is 11.3 Å². The third-order valence-electron chi connectivity index (χ3n) is 3.42. The highest BCUT2D eigenvalue weighted by Gasteiger charge is 2.13. The first-order valence-electron chi connectivity index (χ1n) is 7.49. The summed E-state index contributed by atoms with van der Waals surface area (Å²) < 4.78 is 14.4. The number of anilines is 4. The van der Waals surface area contributed by atoms with E-state index >= 15 is 0 Å². The van der Waals surface area contributed by atoms with Crippen molar-refractivity contribution in [2.24, 2.45) is 0 Å². The van der Waals surface area contributed by atoms with Gasteiger partial charge in [0, 0.05) is 4.47 Å². The molecule has 0 bridgehead atoms. The number of hydrogen-bond donors (Lipinski definition) is 4. The molecule has 0 saturated heterocycles. The quantitative estimate of drug-likeness (QED) is 0.474.